The molecule has 0 radical (unpaired) electrons. The number of piperazine rings is 1. The summed E-state index contributed by atoms with van der Waals surface area (Å²) in [4.78, 5) is 4.99. The van der Waals surface area contributed by atoms with Crippen molar-refractivity contribution in [2.45, 2.75) is 46.3 Å². The molecule has 0 bridgehead atoms. The Kier molecular flexibility index (Phi) is 5.47. The molecule has 1 N–H and O–H groups in total. The Balaban J connectivity index is 1.90. The molecular weight excluding hydrogens is 262 g/mol. The summed E-state index contributed by atoms with van der Waals surface area (Å²) in [5.41, 5.74) is 1.57. The van der Waals surface area contributed by atoms with Crippen molar-refractivity contribution in [2.24, 2.45) is 5.92 Å². The number of nitrogens with zero attached hydrogens (tertiary/aromatic N) is 2. The van der Waals surface area contributed by atoms with Gasteiger partial charge in [0.1, 0.15) is 5.76 Å². The van der Waals surface area contributed by atoms with Crippen LogP contribution in [-0.2, 0) is 13.1 Å². The lowest BCUT2D eigenvalue weighted by Crippen LogP contribution is -2.57. The van der Waals surface area contributed by atoms with Crippen LogP contribution in [0.4, 0.5) is 0 Å². The van der Waals surface area contributed by atoms with Gasteiger partial charge in [0.2, 0.25) is 0 Å². The summed E-state index contributed by atoms with van der Waals surface area (Å²) in [6.07, 6.45) is 1.82. The monoisotopic (exact) mass is 293 g/mol. The van der Waals surface area contributed by atoms with E-state index in [0.29, 0.717) is 5.92 Å². The van der Waals surface area contributed by atoms with Crippen molar-refractivity contribution >= 4 is 0 Å². The van der Waals surface area contributed by atoms with Gasteiger partial charge in [-0.3, -0.25) is 9.80 Å². The molecule has 0 aliphatic carbocycles. The minimum atomic E-state index is 0.248. The average Bonchev–Trinajstić information content (AvgIpc) is 2.81. The first-order valence-corrected chi connectivity index (χ1v) is 8.08. The van der Waals surface area contributed by atoms with E-state index in [1.54, 1.807) is 0 Å². The topological polar surface area (TPSA) is 31.7 Å². The molecule has 0 amide bonds. The molecule has 1 aromatic heterocycles. The second kappa shape index (κ2) is 6.95. The van der Waals surface area contributed by atoms with E-state index in [-0.39, 0.29) is 5.54 Å². The quantitative estimate of drug-likeness (QED) is 0.873. The van der Waals surface area contributed by atoms with Gasteiger partial charge in [0.25, 0.3) is 0 Å². The van der Waals surface area contributed by atoms with Crippen molar-refractivity contribution in [1.82, 2.24) is 15.1 Å². The Morgan fingerprint density at radius 1 is 1.33 bits per heavy atom. The predicted octanol–water partition coefficient (Wildman–Crippen LogP) is 2.55. The number of nitrogens with one attached hydrogen (secondary N) is 1. The molecule has 4 heteroatoms. The first-order valence-electron chi connectivity index (χ1n) is 8.08. The van der Waals surface area contributed by atoms with E-state index in [9.17, 15) is 0 Å². The molecule has 0 saturated carbocycles. The Labute approximate surface area is 129 Å². The Morgan fingerprint density at radius 2 is 2.10 bits per heavy atom. The first-order chi connectivity index (χ1) is 9.88. The molecule has 0 spiro atoms. The Morgan fingerprint density at radius 3 is 2.76 bits per heavy atom. The van der Waals surface area contributed by atoms with Crippen molar-refractivity contribution in [3.8, 4) is 0 Å². The van der Waals surface area contributed by atoms with E-state index < -0.39 is 0 Å². The average molecular weight is 293 g/mol. The van der Waals surface area contributed by atoms with E-state index in [2.05, 4.69) is 55.9 Å². The largest absolute Gasteiger partial charge is 0.468 e. The van der Waals surface area contributed by atoms with Gasteiger partial charge in [-0.15, -0.1) is 0 Å². The van der Waals surface area contributed by atoms with Crippen molar-refractivity contribution < 1.29 is 4.42 Å². The van der Waals surface area contributed by atoms with Crippen LogP contribution in [0.1, 0.15) is 39.0 Å². The van der Waals surface area contributed by atoms with Gasteiger partial charge in [-0.2, -0.15) is 0 Å². The number of furan rings is 1. The third-order valence-electron chi connectivity index (χ3n) is 4.47. The summed E-state index contributed by atoms with van der Waals surface area (Å²) in [7, 11) is 2.22. The SMILES string of the molecule is CC(C)CNCc1occc1CN1CCN(C)C(C)(C)C1. The molecule has 4 nitrogen and oxygen atoms in total. The van der Waals surface area contributed by atoms with Gasteiger partial charge in [0, 0.05) is 37.3 Å². The van der Waals surface area contributed by atoms with Crippen LogP contribution in [-0.4, -0.2) is 48.6 Å². The molecule has 21 heavy (non-hydrogen) atoms. The number of rotatable bonds is 6. The van der Waals surface area contributed by atoms with Crippen LogP contribution >= 0.6 is 0 Å². The fourth-order valence-electron chi connectivity index (χ4n) is 2.85. The number of hydrogen-bond donors (Lipinski definition) is 1. The standard InChI is InChI=1S/C17H31N3O/c1-14(2)10-18-11-16-15(6-9-21-16)12-20-8-7-19(5)17(3,4)13-20/h6,9,14,18H,7-8,10-13H2,1-5H3. The second-order valence-corrected chi connectivity index (χ2v) is 7.34. The molecular formula is C17H31N3O. The van der Waals surface area contributed by atoms with Crippen molar-refractivity contribution in [3.05, 3.63) is 23.7 Å². The normalized spacial score (nSPS) is 20.3. The highest BCUT2D eigenvalue weighted by Gasteiger charge is 2.31. The summed E-state index contributed by atoms with van der Waals surface area (Å²) in [6.45, 7) is 15.3. The lowest BCUT2D eigenvalue weighted by molar-refractivity contribution is 0.0357. The molecule has 120 valence electrons. The van der Waals surface area contributed by atoms with Crippen LogP contribution in [0.15, 0.2) is 16.7 Å². The van der Waals surface area contributed by atoms with Crippen molar-refractivity contribution in [3.63, 3.8) is 0 Å². The molecule has 1 fully saturated rings. The van der Waals surface area contributed by atoms with Gasteiger partial charge in [-0.1, -0.05) is 13.8 Å². The Hall–Kier alpha value is -0.840. The van der Waals surface area contributed by atoms with E-state index in [1.165, 1.54) is 5.56 Å². The third-order valence-corrected chi connectivity index (χ3v) is 4.47. The minimum absolute atomic E-state index is 0.248. The van der Waals surface area contributed by atoms with Crippen LogP contribution in [0.25, 0.3) is 0 Å². The van der Waals surface area contributed by atoms with E-state index in [1.807, 2.05) is 6.26 Å². The molecule has 0 aromatic carbocycles. The highest BCUT2D eigenvalue weighted by molar-refractivity contribution is 5.17. The van der Waals surface area contributed by atoms with Gasteiger partial charge in [-0.25, -0.2) is 0 Å². The summed E-state index contributed by atoms with van der Waals surface area (Å²) < 4.78 is 5.66. The molecule has 1 aromatic rings. The van der Waals surface area contributed by atoms with E-state index >= 15 is 0 Å². The first kappa shape index (κ1) is 16.5. The van der Waals surface area contributed by atoms with Crippen molar-refractivity contribution in [2.75, 3.05) is 33.2 Å². The Bertz CT molecular complexity index is 439. The second-order valence-electron chi connectivity index (χ2n) is 7.34. The fourth-order valence-corrected chi connectivity index (χ4v) is 2.85. The summed E-state index contributed by atoms with van der Waals surface area (Å²) >= 11 is 0. The van der Waals surface area contributed by atoms with Crippen LogP contribution in [0, 0.1) is 5.92 Å². The summed E-state index contributed by atoms with van der Waals surface area (Å²) in [5.74, 6) is 1.76. The molecule has 2 rings (SSSR count). The van der Waals surface area contributed by atoms with Crippen LogP contribution in [0.5, 0.6) is 0 Å². The molecule has 1 aliphatic rings. The fraction of sp³-hybridized carbons (Fsp3) is 0.765. The van der Waals surface area contributed by atoms with Crippen molar-refractivity contribution in [1.29, 1.82) is 0 Å². The zero-order chi connectivity index (χ0) is 15.5. The third kappa shape index (κ3) is 4.56. The highest BCUT2D eigenvalue weighted by atomic mass is 16.3. The van der Waals surface area contributed by atoms with Gasteiger partial charge in [0.15, 0.2) is 0 Å². The van der Waals surface area contributed by atoms with E-state index in [4.69, 9.17) is 4.42 Å². The smallest absolute Gasteiger partial charge is 0.122 e. The molecule has 2 heterocycles. The van der Waals surface area contributed by atoms with Gasteiger partial charge < -0.3 is 9.73 Å². The highest BCUT2D eigenvalue weighted by Crippen LogP contribution is 2.22. The maximum absolute atomic E-state index is 5.66. The zero-order valence-corrected chi connectivity index (χ0v) is 14.3. The van der Waals surface area contributed by atoms with Crippen LogP contribution in [0.2, 0.25) is 0 Å². The van der Waals surface area contributed by atoms with Gasteiger partial charge >= 0.3 is 0 Å². The molecule has 1 aliphatic heterocycles. The maximum atomic E-state index is 5.66. The lowest BCUT2D eigenvalue weighted by atomic mass is 9.99. The van der Waals surface area contributed by atoms with Gasteiger partial charge in [0.05, 0.1) is 12.8 Å². The molecule has 0 unspecified atom stereocenters. The minimum Gasteiger partial charge on any atom is -0.468 e. The molecule has 0 atom stereocenters. The summed E-state index contributed by atoms with van der Waals surface area (Å²) in [6, 6.07) is 2.12. The zero-order valence-electron chi connectivity index (χ0n) is 14.3. The van der Waals surface area contributed by atoms with Gasteiger partial charge in [-0.05, 0) is 39.4 Å². The van der Waals surface area contributed by atoms with Crippen LogP contribution in [0.3, 0.4) is 0 Å². The lowest BCUT2D eigenvalue weighted by Gasteiger charge is -2.45. The van der Waals surface area contributed by atoms with E-state index in [0.717, 1.165) is 45.0 Å². The molecule has 1 saturated heterocycles. The van der Waals surface area contributed by atoms with Crippen LogP contribution < -0.4 is 5.32 Å². The summed E-state index contributed by atoms with van der Waals surface area (Å²) in [5, 5.41) is 3.47. The predicted molar refractivity (Wildman–Crippen MR) is 87.2 cm³/mol. The number of likely N-dealkylation sites (N-methyl/N-ethyl adjacent to an activating group) is 1. The maximum Gasteiger partial charge on any atom is 0.122 e. The number of hydrogen-bond acceptors (Lipinski definition) is 4.